The van der Waals surface area contributed by atoms with Crippen LogP contribution < -0.4 is 16.4 Å². The number of rotatable bonds is 11. The molecule has 1 rings (SSSR count). The zero-order valence-corrected chi connectivity index (χ0v) is 16.3. The molecule has 0 radical (unpaired) electrons. The average molecular weight is 377 g/mol. The first-order valence-electron chi connectivity index (χ1n) is 9.32. The number of carbonyl (C=O) groups excluding carboxylic acids is 2. The van der Waals surface area contributed by atoms with Crippen molar-refractivity contribution in [3.63, 3.8) is 0 Å². The number of hydrogen-bond acceptors (Lipinski definition) is 4. The molecule has 1 aromatic rings. The van der Waals surface area contributed by atoms with Crippen molar-refractivity contribution in [3.8, 4) is 0 Å². The zero-order valence-electron chi connectivity index (χ0n) is 16.3. The molecule has 5 N–H and O–H groups in total. The van der Waals surface area contributed by atoms with Gasteiger partial charge in [0.25, 0.3) is 0 Å². The lowest BCUT2D eigenvalue weighted by molar-refractivity contribution is -0.138. The van der Waals surface area contributed by atoms with E-state index >= 15 is 0 Å². The summed E-state index contributed by atoms with van der Waals surface area (Å²) in [7, 11) is 0. The summed E-state index contributed by atoms with van der Waals surface area (Å²) < 4.78 is 0. The first kappa shape index (κ1) is 22.6. The summed E-state index contributed by atoms with van der Waals surface area (Å²) in [6.07, 6.45) is 1.13. The fourth-order valence-corrected chi connectivity index (χ4v) is 2.60. The average Bonchev–Trinajstić information content (AvgIpc) is 2.62. The topological polar surface area (TPSA) is 122 Å². The van der Waals surface area contributed by atoms with Gasteiger partial charge in [-0.2, -0.15) is 0 Å². The van der Waals surface area contributed by atoms with Crippen molar-refractivity contribution in [2.24, 2.45) is 11.7 Å². The molecule has 0 heterocycles. The van der Waals surface area contributed by atoms with Gasteiger partial charge in [0.05, 0.1) is 5.92 Å². The monoisotopic (exact) mass is 377 g/mol. The van der Waals surface area contributed by atoms with Gasteiger partial charge in [0.15, 0.2) is 0 Å². The number of carbonyl (C=O) groups is 3. The van der Waals surface area contributed by atoms with Gasteiger partial charge < -0.3 is 21.5 Å². The number of amides is 2. The largest absolute Gasteiger partial charge is 0.480 e. The normalized spacial score (nSPS) is 13.1. The summed E-state index contributed by atoms with van der Waals surface area (Å²) in [5, 5.41) is 14.1. The lowest BCUT2D eigenvalue weighted by atomic mass is 9.96. The van der Waals surface area contributed by atoms with Crippen LogP contribution in [0.5, 0.6) is 0 Å². The molecule has 0 fully saturated rings. The Balaban J connectivity index is 2.31. The van der Waals surface area contributed by atoms with Crippen LogP contribution in [0.3, 0.4) is 0 Å². The maximum Gasteiger partial charge on any atom is 0.320 e. The van der Waals surface area contributed by atoms with E-state index in [9.17, 15) is 14.4 Å². The fraction of sp³-hybridized carbons (Fsp3) is 0.550. The standard InChI is InChI=1S/C20H31N3O4/c1-13(2)12-15-4-6-16(7-5-15)14(3)19(25)23-11-10-22-18(24)9-8-17(21)20(26)27/h4-7,13-14,17H,8-12,21H2,1-3H3,(H,22,24)(H,23,25)(H,26,27)/t14-,17-/m0/s1. The number of carboxylic acids is 1. The van der Waals surface area contributed by atoms with E-state index in [-0.39, 0.29) is 37.1 Å². The van der Waals surface area contributed by atoms with Crippen molar-refractivity contribution >= 4 is 17.8 Å². The summed E-state index contributed by atoms with van der Waals surface area (Å²) in [5.74, 6) is -1.20. The quantitative estimate of drug-likeness (QED) is 0.435. The second-order valence-electron chi connectivity index (χ2n) is 7.19. The van der Waals surface area contributed by atoms with Gasteiger partial charge in [0.2, 0.25) is 11.8 Å². The zero-order chi connectivity index (χ0) is 20.4. The van der Waals surface area contributed by atoms with Crippen LogP contribution in [0.4, 0.5) is 0 Å². The van der Waals surface area contributed by atoms with E-state index in [1.807, 2.05) is 19.1 Å². The molecular weight excluding hydrogens is 346 g/mol. The van der Waals surface area contributed by atoms with Gasteiger partial charge in [-0.1, -0.05) is 38.1 Å². The Hall–Kier alpha value is -2.41. The highest BCUT2D eigenvalue weighted by atomic mass is 16.4. The van der Waals surface area contributed by atoms with Crippen molar-refractivity contribution in [2.75, 3.05) is 13.1 Å². The molecule has 0 spiro atoms. The van der Waals surface area contributed by atoms with Crippen LogP contribution >= 0.6 is 0 Å². The van der Waals surface area contributed by atoms with Crippen LogP contribution in [-0.2, 0) is 20.8 Å². The van der Waals surface area contributed by atoms with Crippen LogP contribution in [0.15, 0.2) is 24.3 Å². The third-order valence-corrected chi connectivity index (χ3v) is 4.26. The minimum atomic E-state index is -1.12. The van der Waals surface area contributed by atoms with Crippen LogP contribution in [0, 0.1) is 5.92 Å². The van der Waals surface area contributed by atoms with Crippen LogP contribution in [0.2, 0.25) is 0 Å². The molecule has 27 heavy (non-hydrogen) atoms. The molecule has 0 saturated heterocycles. The maximum atomic E-state index is 12.2. The van der Waals surface area contributed by atoms with E-state index in [0.717, 1.165) is 12.0 Å². The fourth-order valence-electron chi connectivity index (χ4n) is 2.60. The van der Waals surface area contributed by atoms with Crippen molar-refractivity contribution in [3.05, 3.63) is 35.4 Å². The van der Waals surface area contributed by atoms with E-state index < -0.39 is 12.0 Å². The maximum absolute atomic E-state index is 12.2. The molecule has 0 aliphatic carbocycles. The number of nitrogens with one attached hydrogen (secondary N) is 2. The van der Waals surface area contributed by atoms with Gasteiger partial charge in [0.1, 0.15) is 6.04 Å². The van der Waals surface area contributed by atoms with Crippen molar-refractivity contribution in [1.29, 1.82) is 0 Å². The molecule has 0 unspecified atom stereocenters. The first-order chi connectivity index (χ1) is 12.7. The highest BCUT2D eigenvalue weighted by Crippen LogP contribution is 2.17. The number of benzene rings is 1. The summed E-state index contributed by atoms with van der Waals surface area (Å²) >= 11 is 0. The highest BCUT2D eigenvalue weighted by Gasteiger charge is 2.15. The Labute approximate surface area is 160 Å². The summed E-state index contributed by atoms with van der Waals surface area (Å²) in [5.41, 5.74) is 7.55. The minimum absolute atomic E-state index is 0.0422. The molecular formula is C20H31N3O4. The second kappa shape index (κ2) is 11.3. The number of carboxylic acid groups (broad SMARTS) is 1. The van der Waals surface area contributed by atoms with E-state index in [1.165, 1.54) is 5.56 Å². The van der Waals surface area contributed by atoms with Crippen LogP contribution in [0.25, 0.3) is 0 Å². The van der Waals surface area contributed by atoms with Gasteiger partial charge >= 0.3 is 5.97 Å². The Bertz CT molecular complexity index is 629. The summed E-state index contributed by atoms with van der Waals surface area (Å²) in [6.45, 7) is 6.78. The molecule has 0 aliphatic rings. The molecule has 0 aliphatic heterocycles. The molecule has 7 heteroatoms. The summed E-state index contributed by atoms with van der Waals surface area (Å²) in [4.78, 5) is 34.4. The SMILES string of the molecule is CC(C)Cc1ccc([C@H](C)C(=O)NCCNC(=O)CC[C@H](N)C(=O)O)cc1. The number of hydrogen-bond donors (Lipinski definition) is 4. The Morgan fingerprint density at radius 1 is 1.04 bits per heavy atom. The van der Waals surface area contributed by atoms with Crippen LogP contribution in [-0.4, -0.2) is 42.0 Å². The number of aliphatic carboxylic acids is 1. The molecule has 0 bridgehead atoms. The molecule has 0 aromatic heterocycles. The lowest BCUT2D eigenvalue weighted by Crippen LogP contribution is -2.37. The number of nitrogens with two attached hydrogens (primary N) is 1. The molecule has 2 atom stereocenters. The van der Waals surface area contributed by atoms with Crippen LogP contribution in [0.1, 0.15) is 50.7 Å². The van der Waals surface area contributed by atoms with E-state index in [2.05, 4.69) is 36.6 Å². The predicted molar refractivity (Wildman–Crippen MR) is 104 cm³/mol. The van der Waals surface area contributed by atoms with Gasteiger partial charge in [-0.25, -0.2) is 0 Å². The molecule has 0 saturated carbocycles. The van der Waals surface area contributed by atoms with Gasteiger partial charge in [-0.3, -0.25) is 14.4 Å². The Kier molecular flexibility index (Phi) is 9.50. The minimum Gasteiger partial charge on any atom is -0.480 e. The molecule has 1 aromatic carbocycles. The predicted octanol–water partition coefficient (Wildman–Crippen LogP) is 1.41. The Morgan fingerprint density at radius 2 is 1.63 bits per heavy atom. The van der Waals surface area contributed by atoms with E-state index in [1.54, 1.807) is 0 Å². The van der Waals surface area contributed by atoms with Gasteiger partial charge in [0, 0.05) is 19.5 Å². The first-order valence-corrected chi connectivity index (χ1v) is 9.32. The third-order valence-electron chi connectivity index (χ3n) is 4.26. The van der Waals surface area contributed by atoms with Crippen molar-refractivity contribution in [1.82, 2.24) is 10.6 Å². The smallest absolute Gasteiger partial charge is 0.320 e. The van der Waals surface area contributed by atoms with Gasteiger partial charge in [-0.15, -0.1) is 0 Å². The Morgan fingerprint density at radius 3 is 2.19 bits per heavy atom. The summed E-state index contributed by atoms with van der Waals surface area (Å²) in [6, 6.07) is 7.04. The van der Waals surface area contributed by atoms with E-state index in [0.29, 0.717) is 12.5 Å². The van der Waals surface area contributed by atoms with Gasteiger partial charge in [-0.05, 0) is 36.8 Å². The third kappa shape index (κ3) is 8.68. The molecule has 150 valence electrons. The van der Waals surface area contributed by atoms with Crippen molar-refractivity contribution < 1.29 is 19.5 Å². The lowest BCUT2D eigenvalue weighted by Gasteiger charge is -2.14. The molecule has 7 nitrogen and oxygen atoms in total. The second-order valence-corrected chi connectivity index (χ2v) is 7.19. The molecule has 2 amide bonds. The highest BCUT2D eigenvalue weighted by molar-refractivity contribution is 5.83. The van der Waals surface area contributed by atoms with Crippen molar-refractivity contribution in [2.45, 2.75) is 52.0 Å². The van der Waals surface area contributed by atoms with E-state index in [4.69, 9.17) is 10.8 Å².